The second-order valence-electron chi connectivity index (χ2n) is 4.80. The molecule has 1 fully saturated rings. The van der Waals surface area contributed by atoms with Crippen LogP contribution in [0.15, 0.2) is 22.7 Å². The number of nitrogens with zero attached hydrogens (tertiary/aromatic N) is 1. The third-order valence-electron chi connectivity index (χ3n) is 3.40. The van der Waals surface area contributed by atoms with Gasteiger partial charge in [-0.25, -0.2) is 0 Å². The average molecular weight is 325 g/mol. The Balaban J connectivity index is 2.45. The average Bonchev–Trinajstić information content (AvgIpc) is 2.37. The van der Waals surface area contributed by atoms with E-state index in [-0.39, 0.29) is 11.8 Å². The monoisotopic (exact) mass is 324 g/mol. The summed E-state index contributed by atoms with van der Waals surface area (Å²) in [5, 5.41) is 2.71. The lowest BCUT2D eigenvalue weighted by atomic mass is 10.0. The van der Waals surface area contributed by atoms with Crippen molar-refractivity contribution in [2.24, 2.45) is 0 Å². The molecule has 0 aromatic heterocycles. The van der Waals surface area contributed by atoms with Crippen LogP contribution in [-0.2, 0) is 9.59 Å². The standard InChI is InChI=1S/C14H17BrN2O2/c1-4-12-13(18)16-9(3)14(19)17(12)10-6-5-8(2)11(15)7-10/h5-7,9,12H,4H2,1-3H3,(H,16,18). The minimum absolute atomic E-state index is 0.0674. The van der Waals surface area contributed by atoms with Gasteiger partial charge in [0.2, 0.25) is 11.8 Å². The van der Waals surface area contributed by atoms with E-state index in [1.807, 2.05) is 32.0 Å². The zero-order valence-corrected chi connectivity index (χ0v) is 12.8. The van der Waals surface area contributed by atoms with Gasteiger partial charge in [0.05, 0.1) is 0 Å². The third kappa shape index (κ3) is 2.52. The number of aryl methyl sites for hydroxylation is 1. The lowest BCUT2D eigenvalue weighted by Gasteiger charge is -2.37. The maximum absolute atomic E-state index is 12.3. The summed E-state index contributed by atoms with van der Waals surface area (Å²) in [6.45, 7) is 5.60. The number of hydrogen-bond donors (Lipinski definition) is 1. The van der Waals surface area contributed by atoms with Crippen LogP contribution in [0, 0.1) is 6.92 Å². The minimum Gasteiger partial charge on any atom is -0.343 e. The van der Waals surface area contributed by atoms with Crippen LogP contribution in [0.1, 0.15) is 25.8 Å². The third-order valence-corrected chi connectivity index (χ3v) is 4.26. The molecule has 2 rings (SSSR count). The maximum atomic E-state index is 12.3. The minimum atomic E-state index is -0.477. The highest BCUT2D eigenvalue weighted by Gasteiger charge is 2.38. The molecule has 0 aliphatic carbocycles. The topological polar surface area (TPSA) is 49.4 Å². The van der Waals surface area contributed by atoms with Crippen molar-refractivity contribution in [2.45, 2.75) is 39.3 Å². The van der Waals surface area contributed by atoms with E-state index < -0.39 is 12.1 Å². The van der Waals surface area contributed by atoms with E-state index in [0.29, 0.717) is 6.42 Å². The number of carbonyl (C=O) groups excluding carboxylic acids is 2. The van der Waals surface area contributed by atoms with Gasteiger partial charge in [-0.2, -0.15) is 0 Å². The van der Waals surface area contributed by atoms with E-state index in [1.54, 1.807) is 11.8 Å². The molecule has 1 aliphatic heterocycles. The second-order valence-corrected chi connectivity index (χ2v) is 5.65. The van der Waals surface area contributed by atoms with Crippen molar-refractivity contribution in [1.82, 2.24) is 5.32 Å². The largest absolute Gasteiger partial charge is 0.343 e. The fraction of sp³-hybridized carbons (Fsp3) is 0.429. The first-order chi connectivity index (χ1) is 8.95. The lowest BCUT2D eigenvalue weighted by molar-refractivity contribution is -0.133. The molecule has 4 nitrogen and oxygen atoms in total. The molecule has 19 heavy (non-hydrogen) atoms. The quantitative estimate of drug-likeness (QED) is 0.908. The van der Waals surface area contributed by atoms with Gasteiger partial charge in [0, 0.05) is 10.2 Å². The molecule has 1 aromatic rings. The molecule has 0 bridgehead atoms. The van der Waals surface area contributed by atoms with Gasteiger partial charge in [-0.1, -0.05) is 28.9 Å². The first-order valence-corrected chi connectivity index (χ1v) is 7.14. The summed E-state index contributed by atoms with van der Waals surface area (Å²) in [6.07, 6.45) is 0.593. The summed E-state index contributed by atoms with van der Waals surface area (Å²) in [5.74, 6) is -0.159. The van der Waals surface area contributed by atoms with E-state index in [9.17, 15) is 9.59 Å². The highest BCUT2D eigenvalue weighted by Crippen LogP contribution is 2.27. The van der Waals surface area contributed by atoms with E-state index in [4.69, 9.17) is 0 Å². The maximum Gasteiger partial charge on any atom is 0.250 e. The van der Waals surface area contributed by atoms with Gasteiger partial charge in [-0.05, 0) is 38.0 Å². The first-order valence-electron chi connectivity index (χ1n) is 6.35. The van der Waals surface area contributed by atoms with Crippen LogP contribution in [0.2, 0.25) is 0 Å². The molecule has 0 radical (unpaired) electrons. The SMILES string of the molecule is CCC1C(=O)NC(C)C(=O)N1c1ccc(C)c(Br)c1. The lowest BCUT2D eigenvalue weighted by Crippen LogP contribution is -2.62. The van der Waals surface area contributed by atoms with Crippen molar-refractivity contribution in [3.05, 3.63) is 28.2 Å². The van der Waals surface area contributed by atoms with Gasteiger partial charge in [0.25, 0.3) is 0 Å². The molecule has 0 saturated carbocycles. The van der Waals surface area contributed by atoms with Crippen molar-refractivity contribution in [2.75, 3.05) is 4.90 Å². The number of carbonyl (C=O) groups is 2. The van der Waals surface area contributed by atoms with Crippen molar-refractivity contribution in [1.29, 1.82) is 0 Å². The van der Waals surface area contributed by atoms with Crippen molar-refractivity contribution in [3.8, 4) is 0 Å². The van der Waals surface area contributed by atoms with Gasteiger partial charge in [0.1, 0.15) is 12.1 Å². The van der Waals surface area contributed by atoms with E-state index in [0.717, 1.165) is 15.7 Å². The molecular weight excluding hydrogens is 308 g/mol. The normalized spacial score (nSPS) is 23.5. The molecule has 1 N–H and O–H groups in total. The Hall–Kier alpha value is -1.36. The van der Waals surface area contributed by atoms with Gasteiger partial charge < -0.3 is 5.32 Å². The number of anilines is 1. The van der Waals surface area contributed by atoms with Crippen LogP contribution in [0.5, 0.6) is 0 Å². The first kappa shape index (κ1) is 14.1. The molecule has 2 unspecified atom stereocenters. The number of hydrogen-bond acceptors (Lipinski definition) is 2. The number of rotatable bonds is 2. The van der Waals surface area contributed by atoms with Crippen LogP contribution in [0.3, 0.4) is 0 Å². The Kier molecular flexibility index (Phi) is 3.94. The Morgan fingerprint density at radius 1 is 1.37 bits per heavy atom. The van der Waals surface area contributed by atoms with Crippen LogP contribution in [0.4, 0.5) is 5.69 Å². The zero-order valence-electron chi connectivity index (χ0n) is 11.2. The van der Waals surface area contributed by atoms with Gasteiger partial charge in [0.15, 0.2) is 0 Å². The predicted octanol–water partition coefficient (Wildman–Crippen LogP) is 2.39. The fourth-order valence-electron chi connectivity index (χ4n) is 2.26. The predicted molar refractivity (Wildman–Crippen MR) is 78.0 cm³/mol. The fourth-order valence-corrected chi connectivity index (χ4v) is 2.62. The summed E-state index contributed by atoms with van der Waals surface area (Å²) in [7, 11) is 0. The number of halogens is 1. The Morgan fingerprint density at radius 3 is 2.63 bits per heavy atom. The summed E-state index contributed by atoms with van der Waals surface area (Å²) in [6, 6.07) is 4.80. The van der Waals surface area contributed by atoms with Gasteiger partial charge in [-0.15, -0.1) is 0 Å². The van der Waals surface area contributed by atoms with E-state index in [1.165, 1.54) is 0 Å². The summed E-state index contributed by atoms with van der Waals surface area (Å²) < 4.78 is 0.936. The summed E-state index contributed by atoms with van der Waals surface area (Å²) >= 11 is 3.47. The number of piperazine rings is 1. The molecule has 1 saturated heterocycles. The van der Waals surface area contributed by atoms with Crippen LogP contribution in [0.25, 0.3) is 0 Å². The zero-order chi connectivity index (χ0) is 14.2. The molecule has 5 heteroatoms. The van der Waals surface area contributed by atoms with Crippen LogP contribution in [-0.4, -0.2) is 23.9 Å². The van der Waals surface area contributed by atoms with Gasteiger partial charge >= 0.3 is 0 Å². The van der Waals surface area contributed by atoms with Crippen molar-refractivity contribution >= 4 is 33.4 Å². The summed E-state index contributed by atoms with van der Waals surface area (Å²) in [4.78, 5) is 25.9. The van der Waals surface area contributed by atoms with Crippen LogP contribution < -0.4 is 10.2 Å². The molecule has 1 heterocycles. The number of amides is 2. The second kappa shape index (κ2) is 5.33. The van der Waals surface area contributed by atoms with Gasteiger partial charge in [-0.3, -0.25) is 14.5 Å². The molecule has 0 spiro atoms. The van der Waals surface area contributed by atoms with E-state index in [2.05, 4.69) is 21.2 Å². The Bertz CT molecular complexity index is 530. The molecule has 2 atom stereocenters. The number of benzene rings is 1. The molecule has 1 aromatic carbocycles. The number of nitrogens with one attached hydrogen (secondary N) is 1. The summed E-state index contributed by atoms with van der Waals surface area (Å²) in [5.41, 5.74) is 1.86. The molecule has 102 valence electrons. The highest BCUT2D eigenvalue weighted by molar-refractivity contribution is 9.10. The Morgan fingerprint density at radius 2 is 2.05 bits per heavy atom. The smallest absolute Gasteiger partial charge is 0.250 e. The van der Waals surface area contributed by atoms with Crippen LogP contribution >= 0.6 is 15.9 Å². The van der Waals surface area contributed by atoms with Crippen molar-refractivity contribution < 1.29 is 9.59 Å². The molecular formula is C14H17BrN2O2. The highest BCUT2D eigenvalue weighted by atomic mass is 79.9. The van der Waals surface area contributed by atoms with E-state index >= 15 is 0 Å². The molecule has 1 aliphatic rings. The van der Waals surface area contributed by atoms with Crippen molar-refractivity contribution in [3.63, 3.8) is 0 Å². The molecule has 2 amide bonds. The Labute approximate surface area is 121 Å².